The molecule has 0 radical (unpaired) electrons. The van der Waals surface area contributed by atoms with Crippen LogP contribution >= 0.6 is 0 Å². The van der Waals surface area contributed by atoms with Gasteiger partial charge in [0.2, 0.25) is 9.84 Å². The van der Waals surface area contributed by atoms with E-state index in [9.17, 15) is 12.8 Å². The zero-order valence-corrected chi connectivity index (χ0v) is 14.9. The smallest absolute Gasteiger partial charge is 0.212 e. The van der Waals surface area contributed by atoms with Gasteiger partial charge in [-0.1, -0.05) is 19.3 Å². The largest absolute Gasteiger partial charge is 0.384 e. The lowest BCUT2D eigenvalue weighted by Crippen LogP contribution is -2.16. The van der Waals surface area contributed by atoms with Gasteiger partial charge in [-0.25, -0.2) is 22.8 Å². The zero-order chi connectivity index (χ0) is 18.3. The van der Waals surface area contributed by atoms with E-state index >= 15 is 0 Å². The highest BCUT2D eigenvalue weighted by atomic mass is 32.2. The fraction of sp³-hybridized carbons (Fsp3) is 0.333. The molecule has 0 spiro atoms. The molecule has 2 heterocycles. The predicted molar refractivity (Wildman–Crippen MR) is 95.9 cm³/mol. The fourth-order valence-electron chi connectivity index (χ4n) is 3.72. The Labute approximate surface area is 150 Å². The van der Waals surface area contributed by atoms with Crippen LogP contribution in [0.4, 0.5) is 10.2 Å². The summed E-state index contributed by atoms with van der Waals surface area (Å²) in [5, 5.41) is 0. The molecule has 0 atom stereocenters. The number of nitrogen functional groups attached to an aromatic ring is 1. The molecule has 136 valence electrons. The summed E-state index contributed by atoms with van der Waals surface area (Å²) < 4.78 is 41.4. The molecule has 1 saturated carbocycles. The minimum atomic E-state index is -3.95. The van der Waals surface area contributed by atoms with E-state index in [4.69, 9.17) is 5.73 Å². The Morgan fingerprint density at radius 3 is 2.38 bits per heavy atom. The lowest BCUT2D eigenvalue weighted by atomic mass is 9.95. The number of nitrogens with two attached hydrogens (primary N) is 1. The van der Waals surface area contributed by atoms with Gasteiger partial charge in [0.25, 0.3) is 0 Å². The maximum absolute atomic E-state index is 13.2. The number of hydrogen-bond donors (Lipinski definition) is 1. The van der Waals surface area contributed by atoms with Crippen molar-refractivity contribution in [1.82, 2.24) is 14.5 Å². The first-order valence-corrected chi connectivity index (χ1v) is 10.1. The Bertz CT molecular complexity index is 1050. The maximum Gasteiger partial charge on any atom is 0.212 e. The van der Waals surface area contributed by atoms with E-state index in [1.807, 2.05) is 4.57 Å². The monoisotopic (exact) mass is 374 g/mol. The average molecular weight is 374 g/mol. The topological polar surface area (TPSA) is 90.9 Å². The minimum Gasteiger partial charge on any atom is -0.384 e. The number of benzene rings is 1. The lowest BCUT2D eigenvalue weighted by molar-refractivity contribution is 0.362. The molecule has 2 aromatic heterocycles. The van der Waals surface area contributed by atoms with Crippen LogP contribution in [-0.2, 0) is 9.84 Å². The number of aromatic nitrogens is 3. The van der Waals surface area contributed by atoms with E-state index in [1.54, 1.807) is 0 Å². The minimum absolute atomic E-state index is 0.0149. The zero-order valence-electron chi connectivity index (χ0n) is 14.1. The Morgan fingerprint density at radius 2 is 1.69 bits per heavy atom. The summed E-state index contributed by atoms with van der Waals surface area (Å²) >= 11 is 0. The highest BCUT2D eigenvalue weighted by molar-refractivity contribution is 7.92. The van der Waals surface area contributed by atoms with Crippen molar-refractivity contribution in [2.45, 2.75) is 47.9 Å². The van der Waals surface area contributed by atoms with Gasteiger partial charge in [-0.2, -0.15) is 0 Å². The third kappa shape index (κ3) is 2.65. The van der Waals surface area contributed by atoms with Crippen LogP contribution in [0.2, 0.25) is 0 Å². The van der Waals surface area contributed by atoms with Gasteiger partial charge in [0.05, 0.1) is 4.90 Å². The molecule has 0 unspecified atom stereocenters. The molecule has 1 aliphatic rings. The SMILES string of the molecule is Nc1c(S(=O)(=O)c2ccc(F)cc2)c2nccnc2n1C1CCCCC1. The molecule has 3 aromatic rings. The molecule has 0 saturated heterocycles. The van der Waals surface area contributed by atoms with Crippen molar-refractivity contribution < 1.29 is 12.8 Å². The number of rotatable bonds is 3. The first-order valence-electron chi connectivity index (χ1n) is 8.61. The summed E-state index contributed by atoms with van der Waals surface area (Å²) in [7, 11) is -3.95. The van der Waals surface area contributed by atoms with E-state index < -0.39 is 15.7 Å². The quantitative estimate of drug-likeness (QED) is 0.709. The average Bonchev–Trinajstić information content (AvgIpc) is 2.95. The molecular weight excluding hydrogens is 355 g/mol. The second-order valence-corrected chi connectivity index (χ2v) is 8.45. The molecule has 1 aliphatic carbocycles. The highest BCUT2D eigenvalue weighted by Crippen LogP contribution is 2.39. The molecule has 26 heavy (non-hydrogen) atoms. The van der Waals surface area contributed by atoms with Gasteiger partial charge in [-0.05, 0) is 37.1 Å². The fourth-order valence-corrected chi connectivity index (χ4v) is 5.22. The van der Waals surface area contributed by atoms with Gasteiger partial charge < -0.3 is 10.3 Å². The molecule has 6 nitrogen and oxygen atoms in total. The van der Waals surface area contributed by atoms with E-state index in [1.165, 1.54) is 30.9 Å². The van der Waals surface area contributed by atoms with Crippen LogP contribution in [0.25, 0.3) is 11.2 Å². The summed E-state index contributed by atoms with van der Waals surface area (Å²) in [6.45, 7) is 0. The summed E-state index contributed by atoms with van der Waals surface area (Å²) in [6, 6.07) is 4.83. The van der Waals surface area contributed by atoms with Gasteiger partial charge in [0.15, 0.2) is 5.65 Å². The highest BCUT2D eigenvalue weighted by Gasteiger charge is 2.32. The molecule has 0 aliphatic heterocycles. The maximum atomic E-state index is 13.2. The Kier molecular flexibility index (Phi) is 4.14. The number of nitrogens with zero attached hydrogens (tertiary/aromatic N) is 3. The Morgan fingerprint density at radius 1 is 1.04 bits per heavy atom. The summed E-state index contributed by atoms with van der Waals surface area (Å²) in [6.07, 6.45) is 8.17. The van der Waals surface area contributed by atoms with Crippen LogP contribution < -0.4 is 5.73 Å². The number of anilines is 1. The molecule has 1 aromatic carbocycles. The number of halogens is 1. The molecule has 0 bridgehead atoms. The second-order valence-electron chi connectivity index (χ2n) is 6.56. The van der Waals surface area contributed by atoms with Crippen LogP contribution in [0.3, 0.4) is 0 Å². The standard InChI is InChI=1S/C18H19FN4O2S/c19-12-6-8-14(9-7-12)26(24,25)16-15-18(22-11-10-21-15)23(17(16)20)13-4-2-1-3-5-13/h6-11,13H,1-5,20H2. The van der Waals surface area contributed by atoms with Gasteiger partial charge in [0.1, 0.15) is 22.0 Å². The van der Waals surface area contributed by atoms with Crippen LogP contribution in [0.15, 0.2) is 46.5 Å². The third-order valence-corrected chi connectivity index (χ3v) is 6.78. The van der Waals surface area contributed by atoms with E-state index in [0.717, 1.165) is 37.8 Å². The lowest BCUT2D eigenvalue weighted by Gasteiger charge is -2.24. The van der Waals surface area contributed by atoms with Crippen molar-refractivity contribution in [3.63, 3.8) is 0 Å². The van der Waals surface area contributed by atoms with Crippen molar-refractivity contribution >= 4 is 26.8 Å². The predicted octanol–water partition coefficient (Wildman–Crippen LogP) is 3.49. The molecule has 4 rings (SSSR count). The molecule has 1 fully saturated rings. The normalized spacial score (nSPS) is 16.2. The first-order chi connectivity index (χ1) is 12.5. The Hall–Kier alpha value is -2.48. The van der Waals surface area contributed by atoms with Gasteiger partial charge >= 0.3 is 0 Å². The number of fused-ring (bicyclic) bond motifs is 1. The summed E-state index contributed by atoms with van der Waals surface area (Å²) in [5.74, 6) is -0.344. The van der Waals surface area contributed by atoms with Crippen LogP contribution in [-0.4, -0.2) is 23.0 Å². The summed E-state index contributed by atoms with van der Waals surface area (Å²) in [4.78, 5) is 8.55. The third-order valence-electron chi connectivity index (χ3n) is 4.95. The molecule has 2 N–H and O–H groups in total. The van der Waals surface area contributed by atoms with Crippen molar-refractivity contribution in [3.05, 3.63) is 42.5 Å². The van der Waals surface area contributed by atoms with E-state index in [2.05, 4.69) is 9.97 Å². The van der Waals surface area contributed by atoms with Gasteiger partial charge in [0, 0.05) is 18.4 Å². The summed E-state index contributed by atoms with van der Waals surface area (Å²) in [5.41, 5.74) is 7.08. The molecule has 8 heteroatoms. The second kappa shape index (κ2) is 6.35. The van der Waals surface area contributed by atoms with Crippen molar-refractivity contribution in [2.75, 3.05) is 5.73 Å². The van der Waals surface area contributed by atoms with Crippen LogP contribution in [0.5, 0.6) is 0 Å². The van der Waals surface area contributed by atoms with Gasteiger partial charge in [-0.3, -0.25) is 0 Å². The van der Waals surface area contributed by atoms with Gasteiger partial charge in [-0.15, -0.1) is 0 Å². The van der Waals surface area contributed by atoms with Crippen molar-refractivity contribution in [2.24, 2.45) is 0 Å². The van der Waals surface area contributed by atoms with Crippen LogP contribution in [0, 0.1) is 5.82 Å². The van der Waals surface area contributed by atoms with E-state index in [0.29, 0.717) is 5.65 Å². The molecular formula is C18H19FN4O2S. The van der Waals surface area contributed by atoms with Crippen LogP contribution in [0.1, 0.15) is 38.1 Å². The Balaban J connectivity index is 1.95. The van der Waals surface area contributed by atoms with E-state index in [-0.39, 0.29) is 27.2 Å². The number of hydrogen-bond acceptors (Lipinski definition) is 5. The number of sulfone groups is 1. The first kappa shape index (κ1) is 17.0. The van der Waals surface area contributed by atoms with Crippen molar-refractivity contribution in [3.8, 4) is 0 Å². The molecule has 0 amide bonds. The van der Waals surface area contributed by atoms with Crippen molar-refractivity contribution in [1.29, 1.82) is 0 Å².